The third-order valence-electron chi connectivity index (χ3n) is 2.76. The summed E-state index contributed by atoms with van der Waals surface area (Å²) in [5.41, 5.74) is 0.578. The second-order valence-electron chi connectivity index (χ2n) is 4.95. The van der Waals surface area contributed by atoms with Crippen LogP contribution in [-0.2, 0) is 0 Å². The molecule has 21 heavy (non-hydrogen) atoms. The quantitative estimate of drug-likeness (QED) is 0.853. The van der Waals surface area contributed by atoms with Crippen LogP contribution in [0, 0.1) is 5.92 Å². The summed E-state index contributed by atoms with van der Waals surface area (Å²) in [6.45, 7) is 3.92. The Hall–Kier alpha value is -1.59. The van der Waals surface area contributed by atoms with Gasteiger partial charge in [0.25, 0.3) is 0 Å². The van der Waals surface area contributed by atoms with Crippen molar-refractivity contribution in [2.45, 2.75) is 20.3 Å². The van der Waals surface area contributed by atoms with E-state index >= 15 is 0 Å². The maximum absolute atomic E-state index is 12.3. The SMILES string of the molecule is COc1nc(-c2ccc(Cl)cc2Cl)n(C(=O)CC(C)C)n1. The number of hydrogen-bond acceptors (Lipinski definition) is 4. The van der Waals surface area contributed by atoms with Gasteiger partial charge in [0, 0.05) is 17.0 Å². The first kappa shape index (κ1) is 15.8. The summed E-state index contributed by atoms with van der Waals surface area (Å²) in [6, 6.07) is 5.10. The summed E-state index contributed by atoms with van der Waals surface area (Å²) in [7, 11) is 1.44. The normalized spacial score (nSPS) is 11.0. The number of hydrogen-bond donors (Lipinski definition) is 0. The van der Waals surface area contributed by atoms with Crippen LogP contribution < -0.4 is 4.74 Å². The zero-order valence-corrected chi connectivity index (χ0v) is 13.4. The van der Waals surface area contributed by atoms with Crippen LogP contribution in [-0.4, -0.2) is 27.8 Å². The lowest BCUT2D eigenvalue weighted by Gasteiger charge is -2.07. The molecule has 0 amide bonds. The lowest BCUT2D eigenvalue weighted by Crippen LogP contribution is -2.16. The minimum absolute atomic E-state index is 0.119. The van der Waals surface area contributed by atoms with Crippen molar-refractivity contribution < 1.29 is 9.53 Å². The van der Waals surface area contributed by atoms with Gasteiger partial charge in [0.15, 0.2) is 5.82 Å². The van der Waals surface area contributed by atoms with Gasteiger partial charge in [-0.15, -0.1) is 5.10 Å². The van der Waals surface area contributed by atoms with Gasteiger partial charge in [0.2, 0.25) is 5.91 Å². The Morgan fingerprint density at radius 2 is 2.10 bits per heavy atom. The Balaban J connectivity index is 2.51. The molecule has 0 radical (unpaired) electrons. The smallest absolute Gasteiger partial charge is 0.336 e. The van der Waals surface area contributed by atoms with Crippen molar-refractivity contribution in [2.24, 2.45) is 5.92 Å². The standard InChI is InChI=1S/C14H15Cl2N3O2/c1-8(2)6-12(20)19-13(17-14(18-19)21-3)10-5-4-9(15)7-11(10)16/h4-5,7-8H,6H2,1-3H3. The number of carbonyl (C=O) groups is 1. The summed E-state index contributed by atoms with van der Waals surface area (Å²) >= 11 is 12.1. The van der Waals surface area contributed by atoms with Crippen LogP contribution in [0.1, 0.15) is 25.1 Å². The topological polar surface area (TPSA) is 57.0 Å². The highest BCUT2D eigenvalue weighted by Crippen LogP contribution is 2.30. The molecule has 5 nitrogen and oxygen atoms in total. The summed E-state index contributed by atoms with van der Waals surface area (Å²) in [6.07, 6.45) is 0.352. The first-order valence-corrected chi connectivity index (χ1v) is 7.17. The van der Waals surface area contributed by atoms with Crippen molar-refractivity contribution in [2.75, 3.05) is 7.11 Å². The Labute approximate surface area is 132 Å². The number of rotatable bonds is 4. The first-order valence-electron chi connectivity index (χ1n) is 6.42. The van der Waals surface area contributed by atoms with E-state index in [9.17, 15) is 4.79 Å². The number of halogens is 2. The predicted octanol–water partition coefficient (Wildman–Crippen LogP) is 3.95. The zero-order chi connectivity index (χ0) is 15.6. The number of methoxy groups -OCH3 is 1. The Morgan fingerprint density at radius 3 is 2.67 bits per heavy atom. The fraction of sp³-hybridized carbons (Fsp3) is 0.357. The molecular formula is C14H15Cl2N3O2. The fourth-order valence-electron chi connectivity index (χ4n) is 1.83. The highest BCUT2D eigenvalue weighted by atomic mass is 35.5. The third-order valence-corrected chi connectivity index (χ3v) is 3.31. The molecule has 0 aliphatic rings. The monoisotopic (exact) mass is 327 g/mol. The highest BCUT2D eigenvalue weighted by Gasteiger charge is 2.20. The third kappa shape index (κ3) is 3.54. The average Bonchev–Trinajstić information content (AvgIpc) is 2.82. The van der Waals surface area contributed by atoms with Gasteiger partial charge in [-0.05, 0) is 24.1 Å². The van der Waals surface area contributed by atoms with Crippen LogP contribution in [0.5, 0.6) is 6.01 Å². The molecule has 0 fully saturated rings. The lowest BCUT2D eigenvalue weighted by atomic mass is 10.1. The molecule has 0 spiro atoms. The van der Waals surface area contributed by atoms with Gasteiger partial charge in [-0.2, -0.15) is 9.67 Å². The van der Waals surface area contributed by atoms with Crippen LogP contribution in [0.4, 0.5) is 0 Å². The number of aromatic nitrogens is 3. The molecule has 0 N–H and O–H groups in total. The van der Waals surface area contributed by atoms with Crippen molar-refractivity contribution in [3.63, 3.8) is 0 Å². The zero-order valence-electron chi connectivity index (χ0n) is 11.9. The largest absolute Gasteiger partial charge is 0.466 e. The van der Waals surface area contributed by atoms with E-state index < -0.39 is 0 Å². The summed E-state index contributed by atoms with van der Waals surface area (Å²) in [5.74, 6) is 0.391. The Kier molecular flexibility index (Phi) is 4.85. The molecule has 112 valence electrons. The molecule has 2 aromatic rings. The number of nitrogens with zero attached hydrogens (tertiary/aromatic N) is 3. The van der Waals surface area contributed by atoms with Gasteiger partial charge in [-0.25, -0.2) is 0 Å². The fourth-order valence-corrected chi connectivity index (χ4v) is 2.33. The number of ether oxygens (including phenoxy) is 1. The van der Waals surface area contributed by atoms with Crippen molar-refractivity contribution in [1.29, 1.82) is 0 Å². The van der Waals surface area contributed by atoms with E-state index in [1.807, 2.05) is 13.8 Å². The molecule has 7 heteroatoms. The van der Waals surface area contributed by atoms with Crippen LogP contribution in [0.3, 0.4) is 0 Å². The molecule has 0 saturated heterocycles. The Bertz CT molecular complexity index is 668. The van der Waals surface area contributed by atoms with Crippen molar-refractivity contribution >= 4 is 29.1 Å². The average molecular weight is 328 g/mol. The van der Waals surface area contributed by atoms with E-state index in [0.29, 0.717) is 27.9 Å². The first-order chi connectivity index (χ1) is 9.92. The summed E-state index contributed by atoms with van der Waals surface area (Å²) in [4.78, 5) is 16.5. The van der Waals surface area contributed by atoms with Crippen LogP contribution in [0.25, 0.3) is 11.4 Å². The van der Waals surface area contributed by atoms with Gasteiger partial charge < -0.3 is 4.74 Å². The minimum atomic E-state index is -0.165. The Morgan fingerprint density at radius 1 is 1.38 bits per heavy atom. The molecule has 0 aliphatic carbocycles. The second-order valence-corrected chi connectivity index (χ2v) is 5.79. The summed E-state index contributed by atoms with van der Waals surface area (Å²) < 4.78 is 6.24. The van der Waals surface area contributed by atoms with Crippen LogP contribution >= 0.6 is 23.2 Å². The molecule has 0 atom stereocenters. The van der Waals surface area contributed by atoms with Crippen molar-refractivity contribution in [1.82, 2.24) is 14.8 Å². The van der Waals surface area contributed by atoms with E-state index in [1.54, 1.807) is 18.2 Å². The molecule has 2 rings (SSSR count). The maximum atomic E-state index is 12.3. The summed E-state index contributed by atoms with van der Waals surface area (Å²) in [5, 5.41) is 4.97. The van der Waals surface area contributed by atoms with E-state index in [0.717, 1.165) is 0 Å². The lowest BCUT2D eigenvalue weighted by molar-refractivity contribution is 0.0871. The molecule has 0 bridgehead atoms. The van der Waals surface area contributed by atoms with E-state index in [2.05, 4.69) is 10.1 Å². The van der Waals surface area contributed by atoms with E-state index in [-0.39, 0.29) is 17.8 Å². The molecule has 0 aliphatic heterocycles. The van der Waals surface area contributed by atoms with Crippen molar-refractivity contribution in [3.05, 3.63) is 28.2 Å². The van der Waals surface area contributed by atoms with Gasteiger partial charge in [-0.3, -0.25) is 4.79 Å². The number of carbonyl (C=O) groups excluding carboxylic acids is 1. The number of benzene rings is 1. The van der Waals surface area contributed by atoms with Gasteiger partial charge in [0.1, 0.15) is 0 Å². The molecule has 0 unspecified atom stereocenters. The molecular weight excluding hydrogens is 313 g/mol. The molecule has 1 heterocycles. The van der Waals surface area contributed by atoms with Crippen LogP contribution in [0.15, 0.2) is 18.2 Å². The van der Waals surface area contributed by atoms with E-state index in [4.69, 9.17) is 27.9 Å². The van der Waals surface area contributed by atoms with Crippen LogP contribution in [0.2, 0.25) is 10.0 Å². The van der Waals surface area contributed by atoms with Crippen molar-refractivity contribution in [3.8, 4) is 17.4 Å². The minimum Gasteiger partial charge on any atom is -0.466 e. The molecule has 1 aromatic carbocycles. The maximum Gasteiger partial charge on any atom is 0.336 e. The molecule has 0 saturated carbocycles. The van der Waals surface area contributed by atoms with Gasteiger partial charge >= 0.3 is 6.01 Å². The van der Waals surface area contributed by atoms with Gasteiger partial charge in [-0.1, -0.05) is 37.0 Å². The van der Waals surface area contributed by atoms with Gasteiger partial charge in [0.05, 0.1) is 12.1 Å². The molecule has 1 aromatic heterocycles. The highest BCUT2D eigenvalue weighted by molar-refractivity contribution is 6.36. The van der Waals surface area contributed by atoms with E-state index in [1.165, 1.54) is 11.8 Å². The second kappa shape index (κ2) is 6.45. The predicted molar refractivity (Wildman–Crippen MR) is 82.1 cm³/mol.